The summed E-state index contributed by atoms with van der Waals surface area (Å²) in [5.74, 6) is -3.05. The molecular formula is C11H12F2N2O3S. The van der Waals surface area contributed by atoms with Crippen LogP contribution >= 0.6 is 0 Å². The number of anilines is 1. The van der Waals surface area contributed by atoms with Crippen LogP contribution in [0.2, 0.25) is 0 Å². The van der Waals surface area contributed by atoms with Gasteiger partial charge in [-0.3, -0.25) is 4.79 Å². The summed E-state index contributed by atoms with van der Waals surface area (Å²) in [5.41, 5.74) is 4.39. The molecule has 2 rings (SSSR count). The zero-order valence-electron chi connectivity index (χ0n) is 9.82. The van der Waals surface area contributed by atoms with Crippen molar-refractivity contribution in [2.75, 3.05) is 16.8 Å². The Morgan fingerprint density at radius 2 is 2.00 bits per heavy atom. The molecule has 1 amide bonds. The normalized spacial score (nSPS) is 21.3. The second-order valence-electron chi connectivity index (χ2n) is 4.42. The second kappa shape index (κ2) is 4.76. The van der Waals surface area contributed by atoms with Crippen molar-refractivity contribution in [3.63, 3.8) is 0 Å². The topological polar surface area (TPSA) is 89.3 Å². The minimum atomic E-state index is -3.11. The van der Waals surface area contributed by atoms with E-state index in [1.54, 1.807) is 0 Å². The molecule has 1 aliphatic heterocycles. The summed E-state index contributed by atoms with van der Waals surface area (Å²) in [6.45, 7) is 0. The fraction of sp³-hybridized carbons (Fsp3) is 0.364. The maximum atomic E-state index is 13.5. The minimum absolute atomic E-state index is 0.0240. The van der Waals surface area contributed by atoms with E-state index < -0.39 is 39.0 Å². The molecule has 1 heterocycles. The van der Waals surface area contributed by atoms with Crippen LogP contribution in [0.15, 0.2) is 12.1 Å². The number of nitrogens with two attached hydrogens (primary N) is 1. The molecule has 19 heavy (non-hydrogen) atoms. The van der Waals surface area contributed by atoms with Crippen LogP contribution in [0.25, 0.3) is 0 Å². The van der Waals surface area contributed by atoms with Crippen molar-refractivity contribution < 1.29 is 22.0 Å². The third-order valence-corrected chi connectivity index (χ3v) is 4.68. The fourth-order valence-corrected chi connectivity index (χ4v) is 3.65. The highest BCUT2D eigenvalue weighted by atomic mass is 32.2. The first-order valence-electron chi connectivity index (χ1n) is 5.54. The van der Waals surface area contributed by atoms with Crippen molar-refractivity contribution in [3.8, 4) is 0 Å². The average Bonchev–Trinajstić information content (AvgIpc) is 2.61. The molecule has 3 N–H and O–H groups in total. The lowest BCUT2D eigenvalue weighted by atomic mass is 10.1. The number of nitrogens with one attached hydrogen (secondary N) is 1. The molecule has 1 atom stereocenters. The van der Waals surface area contributed by atoms with Crippen molar-refractivity contribution in [3.05, 3.63) is 29.3 Å². The molecule has 1 fully saturated rings. The quantitative estimate of drug-likeness (QED) is 0.856. The maximum absolute atomic E-state index is 13.5. The van der Waals surface area contributed by atoms with Gasteiger partial charge in [0.1, 0.15) is 11.6 Å². The Hall–Kier alpha value is -1.70. The van der Waals surface area contributed by atoms with Gasteiger partial charge in [0.25, 0.3) is 5.91 Å². The van der Waals surface area contributed by atoms with Gasteiger partial charge in [0.05, 0.1) is 22.8 Å². The van der Waals surface area contributed by atoms with E-state index in [0.29, 0.717) is 12.5 Å². The zero-order chi connectivity index (χ0) is 14.2. The number of hydrogen-bond acceptors (Lipinski definition) is 4. The molecular weight excluding hydrogens is 278 g/mol. The first kappa shape index (κ1) is 13.7. The van der Waals surface area contributed by atoms with Gasteiger partial charge in [0, 0.05) is 12.1 Å². The van der Waals surface area contributed by atoms with Crippen LogP contribution in [0.5, 0.6) is 0 Å². The van der Waals surface area contributed by atoms with Gasteiger partial charge in [0.2, 0.25) is 0 Å². The second-order valence-corrected chi connectivity index (χ2v) is 6.65. The molecule has 1 aliphatic rings. The third kappa shape index (κ3) is 3.01. The molecule has 0 saturated carbocycles. The van der Waals surface area contributed by atoms with Gasteiger partial charge in [-0.15, -0.1) is 0 Å². The van der Waals surface area contributed by atoms with E-state index in [1.807, 2.05) is 0 Å². The molecule has 8 heteroatoms. The highest BCUT2D eigenvalue weighted by Gasteiger charge is 2.28. The zero-order valence-corrected chi connectivity index (χ0v) is 10.6. The minimum Gasteiger partial charge on any atom is -0.379 e. The number of carbonyl (C=O) groups excluding carboxylic acids is 1. The smallest absolute Gasteiger partial charge is 0.251 e. The van der Waals surface area contributed by atoms with Crippen LogP contribution in [-0.2, 0) is 9.84 Å². The van der Waals surface area contributed by atoms with Crippen molar-refractivity contribution >= 4 is 21.4 Å². The number of rotatable bonds is 3. The lowest BCUT2D eigenvalue weighted by Gasteiger charge is -2.14. The third-order valence-electron chi connectivity index (χ3n) is 2.91. The molecule has 1 saturated heterocycles. The molecule has 5 nitrogen and oxygen atoms in total. The van der Waals surface area contributed by atoms with E-state index in [2.05, 4.69) is 5.32 Å². The van der Waals surface area contributed by atoms with Gasteiger partial charge in [-0.25, -0.2) is 17.2 Å². The lowest BCUT2D eigenvalue weighted by Crippen LogP contribution is -2.22. The first-order valence-corrected chi connectivity index (χ1v) is 7.36. The fourth-order valence-electron chi connectivity index (χ4n) is 1.98. The van der Waals surface area contributed by atoms with Crippen LogP contribution in [0.3, 0.4) is 0 Å². The number of sulfone groups is 1. The van der Waals surface area contributed by atoms with Gasteiger partial charge >= 0.3 is 0 Å². The summed E-state index contributed by atoms with van der Waals surface area (Å²) in [6.07, 6.45) is 0.338. The summed E-state index contributed by atoms with van der Waals surface area (Å²) >= 11 is 0. The Bertz CT molecular complexity index is 631. The van der Waals surface area contributed by atoms with Crippen LogP contribution in [0.4, 0.5) is 14.5 Å². The van der Waals surface area contributed by atoms with E-state index in [4.69, 9.17) is 5.73 Å². The standard InChI is InChI=1S/C11H12F2N2O3S/c12-8-4-9(13)10(3-7(8)11(14)16)15-6-1-2-19(17,18)5-6/h3-4,6,15H,1-2,5H2,(H2,14,16). The Morgan fingerprint density at radius 3 is 2.53 bits per heavy atom. The summed E-state index contributed by atoms with van der Waals surface area (Å²) in [7, 11) is -3.11. The van der Waals surface area contributed by atoms with Gasteiger partial charge in [-0.1, -0.05) is 0 Å². The van der Waals surface area contributed by atoms with Crippen molar-refractivity contribution in [2.24, 2.45) is 5.73 Å². The number of hydrogen-bond donors (Lipinski definition) is 2. The van der Waals surface area contributed by atoms with Gasteiger partial charge in [-0.2, -0.15) is 0 Å². The summed E-state index contributed by atoms with van der Waals surface area (Å²) in [6, 6.07) is 1.05. The molecule has 1 aromatic carbocycles. The molecule has 0 radical (unpaired) electrons. The average molecular weight is 290 g/mol. The maximum Gasteiger partial charge on any atom is 0.251 e. The Morgan fingerprint density at radius 1 is 1.32 bits per heavy atom. The number of primary amides is 1. The lowest BCUT2D eigenvalue weighted by molar-refractivity contribution is 0.0996. The van der Waals surface area contributed by atoms with Crippen molar-refractivity contribution in [1.82, 2.24) is 0 Å². The molecule has 0 aliphatic carbocycles. The monoisotopic (exact) mass is 290 g/mol. The molecule has 0 bridgehead atoms. The van der Waals surface area contributed by atoms with Crippen LogP contribution in [0, 0.1) is 11.6 Å². The van der Waals surface area contributed by atoms with Crippen LogP contribution < -0.4 is 11.1 Å². The predicted molar refractivity (Wildman–Crippen MR) is 65.6 cm³/mol. The van der Waals surface area contributed by atoms with Crippen molar-refractivity contribution in [1.29, 1.82) is 0 Å². The van der Waals surface area contributed by atoms with E-state index in [0.717, 1.165) is 6.07 Å². The van der Waals surface area contributed by atoms with Gasteiger partial charge < -0.3 is 11.1 Å². The van der Waals surface area contributed by atoms with E-state index in [-0.39, 0.29) is 17.2 Å². The van der Waals surface area contributed by atoms with E-state index >= 15 is 0 Å². The summed E-state index contributed by atoms with van der Waals surface area (Å²) in [4.78, 5) is 11.0. The summed E-state index contributed by atoms with van der Waals surface area (Å²) in [5, 5.41) is 2.66. The van der Waals surface area contributed by atoms with Gasteiger partial charge in [0.15, 0.2) is 9.84 Å². The molecule has 1 unspecified atom stereocenters. The van der Waals surface area contributed by atoms with E-state index in [9.17, 15) is 22.0 Å². The molecule has 104 valence electrons. The number of benzene rings is 1. The van der Waals surface area contributed by atoms with Gasteiger partial charge in [-0.05, 0) is 12.5 Å². The molecule has 0 spiro atoms. The highest BCUT2D eigenvalue weighted by Crippen LogP contribution is 2.23. The first-order chi connectivity index (χ1) is 8.78. The highest BCUT2D eigenvalue weighted by molar-refractivity contribution is 7.91. The molecule has 0 aromatic heterocycles. The Labute approximate surface area is 108 Å². The van der Waals surface area contributed by atoms with E-state index in [1.165, 1.54) is 0 Å². The molecule has 1 aromatic rings. The predicted octanol–water partition coefficient (Wildman–Crippen LogP) is 0.663. The Balaban J connectivity index is 2.26. The number of carbonyl (C=O) groups is 1. The largest absolute Gasteiger partial charge is 0.379 e. The SMILES string of the molecule is NC(=O)c1cc(NC2CCS(=O)(=O)C2)c(F)cc1F. The number of halogens is 2. The number of amides is 1. The van der Waals surface area contributed by atoms with Crippen LogP contribution in [0.1, 0.15) is 16.8 Å². The van der Waals surface area contributed by atoms with Crippen molar-refractivity contribution in [2.45, 2.75) is 12.5 Å². The Kier molecular flexibility index (Phi) is 3.44. The van der Waals surface area contributed by atoms with Crippen LogP contribution in [-0.4, -0.2) is 31.9 Å². The summed E-state index contributed by atoms with van der Waals surface area (Å²) < 4.78 is 49.3.